The molecule has 0 radical (unpaired) electrons. The van der Waals surface area contributed by atoms with Crippen LogP contribution in [0.1, 0.15) is 61.9 Å². The van der Waals surface area contributed by atoms with Crippen LogP contribution >= 0.6 is 0 Å². The first-order chi connectivity index (χ1) is 14.3. The molecule has 4 aliphatic heterocycles. The monoisotopic (exact) mass is 395 g/mol. The molecule has 0 spiro atoms. The highest BCUT2D eigenvalue weighted by Gasteiger charge is 2.48. The van der Waals surface area contributed by atoms with Crippen molar-refractivity contribution >= 4 is 11.7 Å². The summed E-state index contributed by atoms with van der Waals surface area (Å²) >= 11 is 0. The average molecular weight is 396 g/mol. The molecule has 29 heavy (non-hydrogen) atoms. The minimum Gasteiger partial charge on any atom is -0.355 e. The molecular formula is C23H33N5O. The number of hydrogen-bond donors (Lipinski definition) is 0. The third-order valence-electron chi connectivity index (χ3n) is 8.16. The SMILES string of the molecule is O=C(c1cncc(N2C[C@@H]3C[C@H](C2)[C@@H]2CCC[C@H](C4CC4)N2C3)n1)N1CCCC1. The van der Waals surface area contributed by atoms with Gasteiger partial charge in [0.1, 0.15) is 11.5 Å². The number of piperidine rings is 3. The summed E-state index contributed by atoms with van der Waals surface area (Å²) in [7, 11) is 0. The first-order valence-corrected chi connectivity index (χ1v) is 11.9. The van der Waals surface area contributed by atoms with Gasteiger partial charge >= 0.3 is 0 Å². The summed E-state index contributed by atoms with van der Waals surface area (Å²) in [6, 6.07) is 1.63. The number of rotatable bonds is 3. The van der Waals surface area contributed by atoms with E-state index in [1.54, 1.807) is 6.20 Å². The van der Waals surface area contributed by atoms with Gasteiger partial charge in [-0.15, -0.1) is 0 Å². The number of nitrogens with zero attached hydrogens (tertiary/aromatic N) is 5. The van der Waals surface area contributed by atoms with Crippen molar-refractivity contribution in [2.24, 2.45) is 17.8 Å². The highest BCUT2D eigenvalue weighted by Crippen LogP contribution is 2.46. The van der Waals surface area contributed by atoms with Gasteiger partial charge < -0.3 is 9.80 Å². The van der Waals surface area contributed by atoms with Crippen LogP contribution in [0, 0.1) is 17.8 Å². The molecule has 0 aromatic carbocycles. The number of hydrogen-bond acceptors (Lipinski definition) is 5. The minimum atomic E-state index is 0.0554. The molecule has 6 rings (SSSR count). The first kappa shape index (κ1) is 18.1. The van der Waals surface area contributed by atoms with Gasteiger partial charge in [0.25, 0.3) is 5.91 Å². The number of fused-ring (bicyclic) bond motifs is 4. The number of amides is 1. The van der Waals surface area contributed by atoms with Gasteiger partial charge in [0.05, 0.1) is 12.4 Å². The van der Waals surface area contributed by atoms with Gasteiger partial charge in [0.2, 0.25) is 0 Å². The highest BCUT2D eigenvalue weighted by molar-refractivity contribution is 5.92. The fourth-order valence-corrected chi connectivity index (χ4v) is 6.71. The van der Waals surface area contributed by atoms with E-state index >= 15 is 0 Å². The Hall–Kier alpha value is -1.69. The zero-order valence-corrected chi connectivity index (χ0v) is 17.4. The van der Waals surface area contributed by atoms with Crippen molar-refractivity contribution in [2.75, 3.05) is 37.6 Å². The topological polar surface area (TPSA) is 52.6 Å². The Balaban J connectivity index is 1.20. The molecular weight excluding hydrogens is 362 g/mol. The zero-order chi connectivity index (χ0) is 19.4. The Morgan fingerprint density at radius 1 is 0.897 bits per heavy atom. The van der Waals surface area contributed by atoms with Gasteiger partial charge in [-0.2, -0.15) is 0 Å². The van der Waals surface area contributed by atoms with E-state index in [2.05, 4.69) is 14.8 Å². The van der Waals surface area contributed by atoms with E-state index in [-0.39, 0.29) is 5.91 Å². The molecule has 1 aromatic rings. The van der Waals surface area contributed by atoms with E-state index in [0.717, 1.165) is 74.7 Å². The van der Waals surface area contributed by atoms with Crippen molar-refractivity contribution in [2.45, 2.75) is 63.5 Å². The predicted molar refractivity (Wildman–Crippen MR) is 112 cm³/mol. The fourth-order valence-electron chi connectivity index (χ4n) is 6.71. The van der Waals surface area contributed by atoms with E-state index in [1.807, 2.05) is 11.1 Å². The molecule has 6 heteroatoms. The summed E-state index contributed by atoms with van der Waals surface area (Å²) in [5.74, 6) is 3.42. The summed E-state index contributed by atoms with van der Waals surface area (Å²) in [5.41, 5.74) is 0.522. The van der Waals surface area contributed by atoms with Gasteiger partial charge in [0, 0.05) is 44.8 Å². The summed E-state index contributed by atoms with van der Waals surface area (Å²) < 4.78 is 0. The summed E-state index contributed by atoms with van der Waals surface area (Å²) in [6.07, 6.45) is 14.2. The molecule has 0 unspecified atom stereocenters. The van der Waals surface area contributed by atoms with E-state index in [1.165, 1.54) is 45.1 Å². The lowest BCUT2D eigenvalue weighted by molar-refractivity contribution is -0.0259. The lowest BCUT2D eigenvalue weighted by Crippen LogP contribution is -2.62. The molecule has 1 aliphatic carbocycles. The Kier molecular flexibility index (Phi) is 4.51. The molecule has 0 N–H and O–H groups in total. The molecule has 1 aromatic heterocycles. The zero-order valence-electron chi connectivity index (χ0n) is 17.4. The van der Waals surface area contributed by atoms with Gasteiger partial charge in [-0.05, 0) is 62.7 Å². The number of aromatic nitrogens is 2. The molecule has 1 saturated carbocycles. The van der Waals surface area contributed by atoms with Gasteiger partial charge in [-0.1, -0.05) is 6.42 Å². The Bertz CT molecular complexity index is 774. The van der Waals surface area contributed by atoms with Gasteiger partial charge in [-0.3, -0.25) is 14.7 Å². The highest BCUT2D eigenvalue weighted by atomic mass is 16.2. The van der Waals surface area contributed by atoms with Crippen molar-refractivity contribution in [1.82, 2.24) is 19.8 Å². The quantitative estimate of drug-likeness (QED) is 0.788. The Morgan fingerprint density at radius 3 is 2.48 bits per heavy atom. The number of carbonyl (C=O) groups excluding carboxylic acids is 1. The number of anilines is 1. The lowest BCUT2D eigenvalue weighted by Gasteiger charge is -2.55. The van der Waals surface area contributed by atoms with Crippen LogP contribution in [-0.4, -0.2) is 70.5 Å². The normalized spacial score (nSPS) is 34.9. The van der Waals surface area contributed by atoms with E-state index in [0.29, 0.717) is 5.69 Å². The Morgan fingerprint density at radius 2 is 1.69 bits per heavy atom. The van der Waals surface area contributed by atoms with Crippen molar-refractivity contribution in [1.29, 1.82) is 0 Å². The summed E-state index contributed by atoms with van der Waals surface area (Å²) in [5, 5.41) is 0. The maximum atomic E-state index is 12.8. The third-order valence-corrected chi connectivity index (χ3v) is 8.16. The second-order valence-corrected chi connectivity index (χ2v) is 10.1. The predicted octanol–water partition coefficient (Wildman–Crippen LogP) is 2.80. The standard InChI is InChI=1S/C23H33N5O/c29-23(26-8-1-2-9-26)19-11-24-12-22(25-19)27-13-16-10-18(15-27)21-5-3-4-20(17-6-7-17)28(21)14-16/h11-12,16-18,20-21H,1-10,13-15H2/t16-,18+,20+,21-/m0/s1. The average Bonchev–Trinajstić information content (AvgIpc) is 3.46. The van der Waals surface area contributed by atoms with Crippen LogP contribution in [0.15, 0.2) is 12.4 Å². The lowest BCUT2D eigenvalue weighted by atomic mass is 9.74. The van der Waals surface area contributed by atoms with E-state index in [9.17, 15) is 4.79 Å². The van der Waals surface area contributed by atoms with Crippen LogP contribution in [0.3, 0.4) is 0 Å². The summed E-state index contributed by atoms with van der Waals surface area (Å²) in [4.78, 5) is 29.3. The third kappa shape index (κ3) is 3.33. The molecule has 156 valence electrons. The van der Waals surface area contributed by atoms with Crippen LogP contribution in [0.2, 0.25) is 0 Å². The van der Waals surface area contributed by atoms with Crippen LogP contribution < -0.4 is 4.90 Å². The molecule has 5 aliphatic rings. The maximum Gasteiger partial charge on any atom is 0.274 e. The van der Waals surface area contributed by atoms with Crippen LogP contribution in [-0.2, 0) is 0 Å². The molecule has 4 atom stereocenters. The van der Waals surface area contributed by atoms with Gasteiger partial charge in [-0.25, -0.2) is 4.98 Å². The molecule has 5 heterocycles. The first-order valence-electron chi connectivity index (χ1n) is 11.9. The summed E-state index contributed by atoms with van der Waals surface area (Å²) in [6.45, 7) is 5.12. The maximum absolute atomic E-state index is 12.8. The molecule has 1 amide bonds. The number of carbonyl (C=O) groups is 1. The second-order valence-electron chi connectivity index (χ2n) is 10.1. The largest absolute Gasteiger partial charge is 0.355 e. The minimum absolute atomic E-state index is 0.0554. The van der Waals surface area contributed by atoms with Crippen molar-refractivity contribution < 1.29 is 4.79 Å². The van der Waals surface area contributed by atoms with E-state index < -0.39 is 0 Å². The van der Waals surface area contributed by atoms with Crippen LogP contribution in [0.25, 0.3) is 0 Å². The van der Waals surface area contributed by atoms with Crippen LogP contribution in [0.4, 0.5) is 5.82 Å². The molecule has 6 nitrogen and oxygen atoms in total. The van der Waals surface area contributed by atoms with Crippen molar-refractivity contribution in [3.05, 3.63) is 18.1 Å². The molecule has 5 fully saturated rings. The number of likely N-dealkylation sites (tertiary alicyclic amines) is 1. The van der Waals surface area contributed by atoms with Gasteiger partial charge in [0.15, 0.2) is 0 Å². The van der Waals surface area contributed by atoms with Crippen molar-refractivity contribution in [3.63, 3.8) is 0 Å². The van der Waals surface area contributed by atoms with Crippen LogP contribution in [0.5, 0.6) is 0 Å². The molecule has 4 saturated heterocycles. The fraction of sp³-hybridized carbons (Fsp3) is 0.783. The second kappa shape index (κ2) is 7.22. The van der Waals surface area contributed by atoms with E-state index in [4.69, 9.17) is 4.98 Å². The molecule has 2 bridgehead atoms. The van der Waals surface area contributed by atoms with Crippen molar-refractivity contribution in [3.8, 4) is 0 Å². The smallest absolute Gasteiger partial charge is 0.274 e. The Labute approximate surface area is 173 Å².